The van der Waals surface area contributed by atoms with Crippen molar-refractivity contribution in [1.29, 1.82) is 0 Å². The van der Waals surface area contributed by atoms with Crippen LogP contribution in [0.3, 0.4) is 0 Å². The molecule has 0 spiro atoms. The zero-order valence-corrected chi connectivity index (χ0v) is 21.9. The molecular weight excluding hydrogens is 521 g/mol. The summed E-state index contributed by atoms with van der Waals surface area (Å²) < 4.78 is 69.0. The van der Waals surface area contributed by atoms with Crippen LogP contribution in [0.15, 0.2) is 63.1 Å². The molecule has 1 aromatic carbocycles. The number of benzene rings is 1. The Balaban J connectivity index is 1.79. The molecule has 2 aliphatic rings. The number of fused-ring (bicyclic) bond motifs is 2. The van der Waals surface area contributed by atoms with Gasteiger partial charge in [-0.05, 0) is 48.2 Å². The number of rotatable bonds is 7. The number of hydrogen-bond acceptors (Lipinski definition) is 9. The van der Waals surface area contributed by atoms with Crippen molar-refractivity contribution in [2.24, 2.45) is 9.98 Å². The van der Waals surface area contributed by atoms with Crippen LogP contribution < -0.4 is 15.7 Å². The number of sulfone groups is 1. The molecule has 13 heteroatoms. The lowest BCUT2D eigenvalue weighted by Gasteiger charge is -2.16. The van der Waals surface area contributed by atoms with Crippen molar-refractivity contribution in [3.63, 3.8) is 0 Å². The Kier molecular flexibility index (Phi) is 7.86. The predicted octanol–water partition coefficient (Wildman–Crippen LogP) is 3.22. The van der Waals surface area contributed by atoms with Crippen LogP contribution in [-0.2, 0) is 16.3 Å². The molecule has 1 aromatic heterocycles. The van der Waals surface area contributed by atoms with E-state index in [2.05, 4.69) is 25.3 Å². The Morgan fingerprint density at radius 1 is 1.18 bits per heavy atom. The molecule has 0 radical (unpaired) electrons. The zero-order valence-electron chi connectivity index (χ0n) is 21.1. The van der Waals surface area contributed by atoms with E-state index >= 15 is 0 Å². The van der Waals surface area contributed by atoms with Gasteiger partial charge >= 0.3 is 6.18 Å². The number of halogens is 3. The van der Waals surface area contributed by atoms with Crippen LogP contribution in [0.2, 0.25) is 0 Å². The highest BCUT2D eigenvalue weighted by atomic mass is 32.2. The van der Waals surface area contributed by atoms with Crippen molar-refractivity contribution in [2.45, 2.75) is 23.9 Å². The van der Waals surface area contributed by atoms with Crippen LogP contribution in [0.1, 0.15) is 17.7 Å². The topological polar surface area (TPSA) is 109 Å². The van der Waals surface area contributed by atoms with E-state index in [1.807, 2.05) is 30.3 Å². The van der Waals surface area contributed by atoms with Crippen molar-refractivity contribution in [1.82, 2.24) is 14.9 Å². The average molecular weight is 549 g/mol. The Labute approximate surface area is 218 Å². The minimum atomic E-state index is -4.49. The third-order valence-electron chi connectivity index (χ3n) is 5.74. The molecule has 38 heavy (non-hydrogen) atoms. The molecule has 1 N–H and O–H groups in total. The molecule has 0 aliphatic carbocycles. The normalized spacial score (nSPS) is 16.1. The summed E-state index contributed by atoms with van der Waals surface area (Å²) in [5.41, 5.74) is 2.64. The molecule has 0 atom stereocenters. The van der Waals surface area contributed by atoms with E-state index < -0.39 is 22.6 Å². The molecule has 0 fully saturated rings. The number of nitrogens with one attached hydrogen (secondary N) is 1. The summed E-state index contributed by atoms with van der Waals surface area (Å²) in [6, 6.07) is 6.21. The van der Waals surface area contributed by atoms with E-state index in [4.69, 9.17) is 4.74 Å². The molecular formula is C25H27F3N6O3S. The number of ether oxygens (including phenoxy) is 1. The van der Waals surface area contributed by atoms with Gasteiger partial charge in [0.05, 0.1) is 13.7 Å². The van der Waals surface area contributed by atoms with Crippen molar-refractivity contribution >= 4 is 27.1 Å². The van der Waals surface area contributed by atoms with Gasteiger partial charge in [-0.15, -0.1) is 0 Å². The van der Waals surface area contributed by atoms with E-state index in [0.717, 1.165) is 18.4 Å². The SMILES string of the molecule is COc1ccc(C2=Nc3cc(nc(=NCC4=CN(C)CC=C4)nc3NCC(F)(F)F)CC2)cc1S(C)(=O)=O. The number of anilines is 1. The van der Waals surface area contributed by atoms with Gasteiger partial charge in [0.1, 0.15) is 22.9 Å². The summed E-state index contributed by atoms with van der Waals surface area (Å²) in [4.78, 5) is 19.8. The molecule has 202 valence electrons. The van der Waals surface area contributed by atoms with E-state index in [1.165, 1.54) is 19.2 Å². The standard InChI is InChI=1S/C25H27F3N6O3S/c1-34-10-4-5-16(14-34)13-29-24-31-18-7-8-19(17-6-9-21(37-2)22(11-17)38(3,35)36)32-20(12-18)23(33-24)30-15-25(26,27)28/h4-6,9,11-12,14H,7-8,10,13,15H2,1-3H3,(H,29,30,33). The number of aliphatic imine (C=N–C) groups is 1. The lowest BCUT2D eigenvalue weighted by molar-refractivity contribution is -0.115. The third-order valence-corrected chi connectivity index (χ3v) is 6.86. The third kappa shape index (κ3) is 6.97. The monoisotopic (exact) mass is 548 g/mol. The second-order valence-corrected chi connectivity index (χ2v) is 10.9. The Hall–Kier alpha value is -3.74. The molecule has 4 rings (SSSR count). The molecule has 3 heterocycles. The number of likely N-dealkylation sites (N-methyl/N-ethyl adjacent to an activating group) is 1. The Morgan fingerprint density at radius 2 is 1.97 bits per heavy atom. The number of methoxy groups -OCH3 is 1. The fourth-order valence-corrected chi connectivity index (χ4v) is 4.83. The summed E-state index contributed by atoms with van der Waals surface area (Å²) in [6.07, 6.45) is 3.20. The fourth-order valence-electron chi connectivity index (χ4n) is 3.97. The maximum Gasteiger partial charge on any atom is 0.405 e. The summed E-state index contributed by atoms with van der Waals surface area (Å²) in [5.74, 6) is 0.0648. The first-order chi connectivity index (χ1) is 17.9. The van der Waals surface area contributed by atoms with Crippen LogP contribution in [0.5, 0.6) is 5.75 Å². The van der Waals surface area contributed by atoms with E-state index in [-0.39, 0.29) is 34.3 Å². The largest absolute Gasteiger partial charge is 0.495 e. The summed E-state index contributed by atoms with van der Waals surface area (Å²) in [7, 11) is -0.312. The number of aromatic nitrogens is 2. The average Bonchev–Trinajstić information content (AvgIpc) is 3.16. The van der Waals surface area contributed by atoms with Crippen LogP contribution in [0, 0.1) is 0 Å². The van der Waals surface area contributed by atoms with Crippen molar-refractivity contribution in [3.05, 3.63) is 65.1 Å². The quantitative estimate of drug-likeness (QED) is 0.566. The van der Waals surface area contributed by atoms with E-state index in [9.17, 15) is 21.6 Å². The van der Waals surface area contributed by atoms with Crippen molar-refractivity contribution < 1.29 is 26.3 Å². The highest BCUT2D eigenvalue weighted by Crippen LogP contribution is 2.30. The van der Waals surface area contributed by atoms with E-state index in [0.29, 0.717) is 29.8 Å². The van der Waals surface area contributed by atoms with Gasteiger partial charge in [0.2, 0.25) is 5.62 Å². The van der Waals surface area contributed by atoms with Gasteiger partial charge < -0.3 is 15.0 Å². The van der Waals surface area contributed by atoms with Gasteiger partial charge in [0.15, 0.2) is 15.7 Å². The van der Waals surface area contributed by atoms with Crippen molar-refractivity contribution in [3.8, 4) is 5.75 Å². The highest BCUT2D eigenvalue weighted by Gasteiger charge is 2.28. The fraction of sp³-hybridized carbons (Fsp3) is 0.360. The molecule has 0 unspecified atom stereocenters. The van der Waals surface area contributed by atoms with Crippen LogP contribution in [0.25, 0.3) is 0 Å². The summed E-state index contributed by atoms with van der Waals surface area (Å²) in [6.45, 7) is -0.289. The van der Waals surface area contributed by atoms with Gasteiger partial charge in [-0.1, -0.05) is 12.2 Å². The second-order valence-electron chi connectivity index (χ2n) is 8.92. The van der Waals surface area contributed by atoms with Gasteiger partial charge in [-0.2, -0.15) is 18.2 Å². The number of alkyl halides is 3. The Bertz CT molecular complexity index is 1500. The molecule has 0 saturated heterocycles. The first-order valence-electron chi connectivity index (χ1n) is 11.7. The smallest absolute Gasteiger partial charge is 0.405 e. The molecule has 2 aliphatic heterocycles. The minimum Gasteiger partial charge on any atom is -0.495 e. The molecule has 2 bridgehead atoms. The molecule has 2 aromatic rings. The van der Waals surface area contributed by atoms with Crippen LogP contribution in [-0.4, -0.2) is 75.2 Å². The van der Waals surface area contributed by atoms with Gasteiger partial charge in [-0.3, -0.25) is 0 Å². The van der Waals surface area contributed by atoms with Gasteiger partial charge in [0.25, 0.3) is 0 Å². The number of nitrogens with zero attached hydrogens (tertiary/aromatic N) is 5. The van der Waals surface area contributed by atoms with E-state index in [1.54, 1.807) is 12.1 Å². The summed E-state index contributed by atoms with van der Waals surface area (Å²) in [5, 5.41) is 2.33. The zero-order chi connectivity index (χ0) is 27.5. The summed E-state index contributed by atoms with van der Waals surface area (Å²) >= 11 is 0. The lowest BCUT2D eigenvalue weighted by Crippen LogP contribution is -2.23. The first-order valence-corrected chi connectivity index (χ1v) is 13.6. The number of aryl methyl sites for hydroxylation is 1. The predicted molar refractivity (Wildman–Crippen MR) is 137 cm³/mol. The maximum atomic E-state index is 13.1. The van der Waals surface area contributed by atoms with Crippen LogP contribution >= 0.6 is 0 Å². The number of hydrogen-bond donors (Lipinski definition) is 1. The highest BCUT2D eigenvalue weighted by molar-refractivity contribution is 7.90. The van der Waals surface area contributed by atoms with Crippen molar-refractivity contribution in [2.75, 3.05) is 45.4 Å². The Morgan fingerprint density at radius 3 is 2.66 bits per heavy atom. The lowest BCUT2D eigenvalue weighted by atomic mass is 10.0. The van der Waals surface area contributed by atoms with Crippen LogP contribution in [0.4, 0.5) is 24.7 Å². The van der Waals surface area contributed by atoms with Gasteiger partial charge in [-0.25, -0.2) is 23.4 Å². The minimum absolute atomic E-state index is 0.00817. The molecule has 0 amide bonds. The molecule has 9 nitrogen and oxygen atoms in total. The second kappa shape index (κ2) is 10.9. The first kappa shape index (κ1) is 27.3. The van der Waals surface area contributed by atoms with Gasteiger partial charge in [0, 0.05) is 37.5 Å². The maximum absolute atomic E-state index is 13.1. The molecule has 0 saturated carbocycles.